The fourth-order valence-electron chi connectivity index (χ4n) is 6.06. The quantitative estimate of drug-likeness (QED) is 0.563. The number of rotatable bonds is 6. The lowest BCUT2D eigenvalue weighted by molar-refractivity contribution is -0.127. The van der Waals surface area contributed by atoms with Gasteiger partial charge >= 0.3 is 0 Å². The zero-order valence-corrected chi connectivity index (χ0v) is 20.9. The van der Waals surface area contributed by atoms with E-state index in [9.17, 15) is 4.79 Å². The van der Waals surface area contributed by atoms with Crippen LogP contribution in [0.5, 0.6) is 0 Å². The molecule has 7 heteroatoms. The molecule has 178 valence electrons. The summed E-state index contributed by atoms with van der Waals surface area (Å²) in [5.41, 5.74) is 2.28. The number of aromatic nitrogens is 2. The first-order valence-electron chi connectivity index (χ1n) is 12.6. The van der Waals surface area contributed by atoms with Crippen molar-refractivity contribution in [3.05, 3.63) is 41.5 Å². The molecule has 1 saturated carbocycles. The minimum Gasteiger partial charge on any atom is -0.350 e. The van der Waals surface area contributed by atoms with E-state index in [1.165, 1.54) is 44.9 Å². The summed E-state index contributed by atoms with van der Waals surface area (Å²) >= 11 is 1.65. The van der Waals surface area contributed by atoms with Crippen molar-refractivity contribution in [3.8, 4) is 11.1 Å². The predicted molar refractivity (Wildman–Crippen MR) is 138 cm³/mol. The third kappa shape index (κ3) is 3.89. The molecule has 2 aromatic heterocycles. The Morgan fingerprint density at radius 3 is 2.44 bits per heavy atom. The van der Waals surface area contributed by atoms with Gasteiger partial charge in [-0.1, -0.05) is 36.8 Å². The van der Waals surface area contributed by atoms with Gasteiger partial charge in [-0.15, -0.1) is 11.3 Å². The smallest absolute Gasteiger partial charge is 0.227 e. The van der Waals surface area contributed by atoms with E-state index in [-0.39, 0.29) is 5.91 Å². The Labute approximate surface area is 205 Å². The molecule has 1 aliphatic carbocycles. The Bertz CT molecular complexity index is 1170. The van der Waals surface area contributed by atoms with Gasteiger partial charge in [0.15, 0.2) is 0 Å². The van der Waals surface area contributed by atoms with Crippen LogP contribution in [0.3, 0.4) is 0 Å². The van der Waals surface area contributed by atoms with Gasteiger partial charge in [0.05, 0.1) is 11.8 Å². The Morgan fingerprint density at radius 2 is 1.79 bits per heavy atom. The highest BCUT2D eigenvalue weighted by Gasteiger charge is 2.43. The van der Waals surface area contributed by atoms with Gasteiger partial charge in [-0.3, -0.25) is 4.79 Å². The molecule has 1 N–H and O–H groups in total. The van der Waals surface area contributed by atoms with Crippen LogP contribution < -0.4 is 10.2 Å². The summed E-state index contributed by atoms with van der Waals surface area (Å²) in [6.07, 6.45) is 11.0. The zero-order valence-electron chi connectivity index (χ0n) is 20.0. The molecule has 2 unspecified atom stereocenters. The number of benzene rings is 1. The van der Waals surface area contributed by atoms with Crippen LogP contribution in [0, 0.1) is 0 Å². The van der Waals surface area contributed by atoms with E-state index in [1.807, 2.05) is 20.2 Å². The molecular weight excluding hydrogens is 442 g/mol. The number of amides is 1. The molecular formula is C27H33N5OS. The molecule has 2 saturated heterocycles. The number of carbonyl (C=O) groups is 1. The third-order valence-corrected chi connectivity index (χ3v) is 9.07. The molecule has 6 nitrogen and oxygen atoms in total. The topological polar surface area (TPSA) is 61.4 Å². The number of carbonyl (C=O) groups excluding carboxylic acids is 1. The van der Waals surface area contributed by atoms with Crippen LogP contribution in [0.25, 0.3) is 21.3 Å². The number of nitrogens with zero attached hydrogens (tertiary/aromatic N) is 4. The number of piperidine rings is 1. The van der Waals surface area contributed by atoms with Crippen LogP contribution in [-0.2, 0) is 11.2 Å². The molecule has 2 atom stereocenters. The van der Waals surface area contributed by atoms with Crippen LogP contribution in [-0.4, -0.2) is 59.0 Å². The first-order valence-corrected chi connectivity index (χ1v) is 13.5. The molecule has 4 heterocycles. The van der Waals surface area contributed by atoms with Crippen molar-refractivity contribution < 1.29 is 4.79 Å². The monoisotopic (exact) mass is 475 g/mol. The van der Waals surface area contributed by atoms with Crippen molar-refractivity contribution in [3.63, 3.8) is 0 Å². The minimum atomic E-state index is 0.112. The molecule has 3 aromatic rings. The molecule has 2 bridgehead atoms. The van der Waals surface area contributed by atoms with E-state index >= 15 is 0 Å². The molecule has 3 aliphatic rings. The van der Waals surface area contributed by atoms with Crippen molar-refractivity contribution >= 4 is 33.3 Å². The summed E-state index contributed by atoms with van der Waals surface area (Å²) in [5, 5.41) is 5.07. The second-order valence-corrected chi connectivity index (χ2v) is 11.4. The van der Waals surface area contributed by atoms with Gasteiger partial charge in [0.2, 0.25) is 5.91 Å². The van der Waals surface area contributed by atoms with Crippen molar-refractivity contribution in [2.75, 3.05) is 19.0 Å². The molecule has 1 amide bonds. The van der Waals surface area contributed by atoms with Gasteiger partial charge < -0.3 is 15.1 Å². The van der Waals surface area contributed by atoms with Gasteiger partial charge in [-0.25, -0.2) is 9.97 Å². The first-order chi connectivity index (χ1) is 16.6. The predicted octanol–water partition coefficient (Wildman–Crippen LogP) is 4.63. The van der Waals surface area contributed by atoms with E-state index in [0.29, 0.717) is 24.5 Å². The van der Waals surface area contributed by atoms with Crippen LogP contribution in [0.1, 0.15) is 49.8 Å². The highest BCUT2D eigenvalue weighted by atomic mass is 32.1. The second-order valence-electron chi connectivity index (χ2n) is 10.4. The fourth-order valence-corrected chi connectivity index (χ4v) is 7.20. The minimum absolute atomic E-state index is 0.112. The molecule has 1 aromatic carbocycles. The molecule has 3 fully saturated rings. The van der Waals surface area contributed by atoms with Crippen molar-refractivity contribution in [1.82, 2.24) is 20.2 Å². The van der Waals surface area contributed by atoms with Crippen molar-refractivity contribution in [2.24, 2.45) is 0 Å². The maximum Gasteiger partial charge on any atom is 0.227 e. The second kappa shape index (κ2) is 8.93. The lowest BCUT2D eigenvalue weighted by Gasteiger charge is -2.42. The lowest BCUT2D eigenvalue weighted by Crippen LogP contribution is -2.52. The normalized spacial score (nSPS) is 24.4. The van der Waals surface area contributed by atoms with Crippen molar-refractivity contribution in [1.29, 1.82) is 0 Å². The highest BCUT2D eigenvalue weighted by Crippen LogP contribution is 2.47. The molecule has 0 radical (unpaired) electrons. The number of anilines is 1. The van der Waals surface area contributed by atoms with E-state index in [1.54, 1.807) is 22.6 Å². The van der Waals surface area contributed by atoms with Gasteiger partial charge in [-0.05, 0) is 44.1 Å². The van der Waals surface area contributed by atoms with E-state index in [0.717, 1.165) is 38.1 Å². The number of nitrogens with one attached hydrogen (secondary N) is 1. The Balaban J connectivity index is 1.41. The average Bonchev–Trinajstić information content (AvgIpc) is 3.30. The standard InChI is InChI=1S/C27H33N5OS/c1-31(2)23(33)15-22-24(17-7-4-3-5-8-17)25-26(28-16-29-27(25)34-22)32-20-11-12-21(32)14-19(13-20)30-18-9-6-10-18/h3-5,7-8,16,18-21,30H,6,9-15H2,1-2H3. The maximum absolute atomic E-state index is 12.7. The molecule has 2 aliphatic heterocycles. The van der Waals surface area contributed by atoms with E-state index in [4.69, 9.17) is 4.98 Å². The lowest BCUT2D eigenvalue weighted by atomic mass is 9.89. The molecule has 34 heavy (non-hydrogen) atoms. The van der Waals surface area contributed by atoms with Crippen LogP contribution >= 0.6 is 11.3 Å². The SMILES string of the molecule is CN(C)C(=O)Cc1sc2ncnc(N3C4CCC3CC(NC3CCC3)C4)c2c1-c1ccccc1. The summed E-state index contributed by atoms with van der Waals surface area (Å²) in [5.74, 6) is 1.18. The molecule has 6 rings (SSSR count). The van der Waals surface area contributed by atoms with E-state index in [2.05, 4.69) is 39.5 Å². The first kappa shape index (κ1) is 22.0. The van der Waals surface area contributed by atoms with Crippen molar-refractivity contribution in [2.45, 2.75) is 75.5 Å². The number of hydrogen-bond donors (Lipinski definition) is 1. The number of thiophene rings is 1. The van der Waals surface area contributed by atoms with Gasteiger partial charge in [0, 0.05) is 48.7 Å². The van der Waals surface area contributed by atoms with Crippen LogP contribution in [0.4, 0.5) is 5.82 Å². The highest BCUT2D eigenvalue weighted by molar-refractivity contribution is 7.19. The largest absolute Gasteiger partial charge is 0.350 e. The summed E-state index contributed by atoms with van der Waals surface area (Å²) in [7, 11) is 3.64. The van der Waals surface area contributed by atoms with Crippen LogP contribution in [0.15, 0.2) is 36.7 Å². The maximum atomic E-state index is 12.7. The van der Waals surface area contributed by atoms with Gasteiger partial charge in [0.1, 0.15) is 17.0 Å². The number of fused-ring (bicyclic) bond motifs is 3. The Kier molecular flexibility index (Phi) is 5.77. The zero-order chi connectivity index (χ0) is 23.2. The summed E-state index contributed by atoms with van der Waals surface area (Å²) in [4.78, 5) is 28.6. The average molecular weight is 476 g/mol. The third-order valence-electron chi connectivity index (χ3n) is 7.97. The van der Waals surface area contributed by atoms with Crippen LogP contribution in [0.2, 0.25) is 0 Å². The van der Waals surface area contributed by atoms with Gasteiger partial charge in [-0.2, -0.15) is 0 Å². The summed E-state index contributed by atoms with van der Waals surface area (Å²) < 4.78 is 0. The Hall–Kier alpha value is -2.51. The van der Waals surface area contributed by atoms with E-state index < -0.39 is 0 Å². The number of likely N-dealkylation sites (N-methyl/N-ethyl adjacent to an activating group) is 1. The molecule has 0 spiro atoms. The summed E-state index contributed by atoms with van der Waals surface area (Å²) in [6.45, 7) is 0. The summed E-state index contributed by atoms with van der Waals surface area (Å²) in [6, 6.07) is 12.9. The Morgan fingerprint density at radius 1 is 1.06 bits per heavy atom. The fraction of sp³-hybridized carbons (Fsp3) is 0.519. The number of hydrogen-bond acceptors (Lipinski definition) is 6. The van der Waals surface area contributed by atoms with Gasteiger partial charge in [0.25, 0.3) is 0 Å².